The SMILES string of the molecule is C.N#Cc1cc(Br)ccc1O.N#Cc1cc(Br)ccc1OCC1CO1. The molecule has 1 unspecified atom stereocenters. The number of epoxide rings is 1. The molecule has 0 radical (unpaired) electrons. The van der Waals surface area contributed by atoms with E-state index in [9.17, 15) is 0 Å². The molecule has 1 N–H and O–H groups in total. The third-order valence-electron chi connectivity index (χ3n) is 2.97. The molecule has 1 fully saturated rings. The predicted molar refractivity (Wildman–Crippen MR) is 101 cm³/mol. The van der Waals surface area contributed by atoms with E-state index in [1.807, 2.05) is 12.1 Å². The number of aromatic hydroxyl groups is 1. The highest BCUT2D eigenvalue weighted by molar-refractivity contribution is 9.10. The number of halogens is 2. The Hall–Kier alpha value is -2.06. The Morgan fingerprint density at radius 3 is 2.16 bits per heavy atom. The van der Waals surface area contributed by atoms with Gasteiger partial charge in [-0.05, 0) is 36.4 Å². The molecule has 7 heteroatoms. The fraction of sp³-hybridized carbons (Fsp3) is 0.222. The lowest BCUT2D eigenvalue weighted by molar-refractivity contribution is 0.262. The van der Waals surface area contributed by atoms with Gasteiger partial charge in [0.2, 0.25) is 0 Å². The van der Waals surface area contributed by atoms with Gasteiger partial charge in [0.15, 0.2) is 0 Å². The highest BCUT2D eigenvalue weighted by atomic mass is 79.9. The highest BCUT2D eigenvalue weighted by Gasteiger charge is 2.23. The molecule has 0 amide bonds. The summed E-state index contributed by atoms with van der Waals surface area (Å²) in [5, 5.41) is 26.2. The molecule has 130 valence electrons. The van der Waals surface area contributed by atoms with Crippen molar-refractivity contribution in [1.29, 1.82) is 10.5 Å². The average Bonchev–Trinajstić information content (AvgIpc) is 3.40. The lowest BCUT2D eigenvalue weighted by Gasteiger charge is -2.05. The number of benzene rings is 2. The van der Waals surface area contributed by atoms with Crippen LogP contribution in [0.3, 0.4) is 0 Å². The Balaban J connectivity index is 0.000000254. The monoisotopic (exact) mass is 466 g/mol. The van der Waals surface area contributed by atoms with E-state index in [0.717, 1.165) is 15.6 Å². The maximum absolute atomic E-state index is 8.99. The molecule has 3 rings (SSSR count). The molecule has 1 atom stereocenters. The first kappa shape index (κ1) is 21.0. The molecule has 1 saturated heterocycles. The summed E-state index contributed by atoms with van der Waals surface area (Å²) in [6.07, 6.45) is 0.213. The molecule has 0 saturated carbocycles. The van der Waals surface area contributed by atoms with Crippen molar-refractivity contribution in [1.82, 2.24) is 0 Å². The van der Waals surface area contributed by atoms with Crippen LogP contribution in [0.15, 0.2) is 45.3 Å². The Kier molecular flexibility index (Phi) is 8.44. The third-order valence-corrected chi connectivity index (χ3v) is 3.95. The number of phenols is 1. The van der Waals surface area contributed by atoms with Crippen molar-refractivity contribution in [3.05, 3.63) is 56.5 Å². The first-order valence-electron chi connectivity index (χ1n) is 6.86. The van der Waals surface area contributed by atoms with Crippen LogP contribution in [0, 0.1) is 22.7 Å². The molecule has 2 aromatic rings. The maximum Gasteiger partial charge on any atom is 0.137 e. The van der Waals surface area contributed by atoms with Crippen molar-refractivity contribution in [3.63, 3.8) is 0 Å². The minimum Gasteiger partial charge on any atom is -0.507 e. The topological polar surface area (TPSA) is 89.6 Å². The minimum atomic E-state index is 0. The Bertz CT molecular complexity index is 809. The van der Waals surface area contributed by atoms with E-state index < -0.39 is 0 Å². The van der Waals surface area contributed by atoms with Crippen LogP contribution in [0.2, 0.25) is 0 Å². The standard InChI is InChI=1S/C10H8BrNO2.C7H4BrNO.CH4/c11-8-1-2-10(7(3-8)4-12)14-6-9-5-13-9;8-6-1-2-7(10)5(3-6)4-9;/h1-3,9H,5-6H2;1-3,10H;1H4. The average molecular weight is 468 g/mol. The zero-order valence-electron chi connectivity index (χ0n) is 12.4. The smallest absolute Gasteiger partial charge is 0.137 e. The van der Waals surface area contributed by atoms with Crippen molar-refractivity contribution in [2.75, 3.05) is 13.2 Å². The van der Waals surface area contributed by atoms with Crippen molar-refractivity contribution in [2.45, 2.75) is 13.5 Å². The van der Waals surface area contributed by atoms with Gasteiger partial charge in [-0.3, -0.25) is 0 Å². The van der Waals surface area contributed by atoms with E-state index in [1.54, 1.807) is 24.3 Å². The van der Waals surface area contributed by atoms with Crippen LogP contribution in [0.4, 0.5) is 0 Å². The first-order chi connectivity index (χ1) is 11.5. The van der Waals surface area contributed by atoms with E-state index in [-0.39, 0.29) is 24.8 Å². The van der Waals surface area contributed by atoms with Crippen LogP contribution in [0.5, 0.6) is 11.5 Å². The first-order valence-corrected chi connectivity index (χ1v) is 8.44. The van der Waals surface area contributed by atoms with Crippen LogP contribution in [-0.2, 0) is 4.74 Å². The third kappa shape index (κ3) is 6.75. The predicted octanol–water partition coefficient (Wildman–Crippen LogP) is 4.76. The van der Waals surface area contributed by atoms with Crippen molar-refractivity contribution < 1.29 is 14.6 Å². The van der Waals surface area contributed by atoms with E-state index in [4.69, 9.17) is 25.1 Å². The van der Waals surface area contributed by atoms with Gasteiger partial charge >= 0.3 is 0 Å². The molecule has 5 nitrogen and oxygen atoms in total. The van der Waals surface area contributed by atoms with Crippen LogP contribution in [0.1, 0.15) is 18.6 Å². The van der Waals surface area contributed by atoms with Gasteiger partial charge in [-0.1, -0.05) is 39.3 Å². The maximum atomic E-state index is 8.99. The lowest BCUT2D eigenvalue weighted by Crippen LogP contribution is -2.05. The number of ether oxygens (including phenoxy) is 2. The molecule has 1 heterocycles. The fourth-order valence-corrected chi connectivity index (χ4v) is 2.38. The van der Waals surface area contributed by atoms with Crippen LogP contribution >= 0.6 is 31.9 Å². The number of hydrogen-bond acceptors (Lipinski definition) is 5. The number of nitrogens with zero attached hydrogens (tertiary/aromatic N) is 2. The summed E-state index contributed by atoms with van der Waals surface area (Å²) in [4.78, 5) is 0. The van der Waals surface area contributed by atoms with Gasteiger partial charge in [0.05, 0.1) is 17.7 Å². The zero-order valence-corrected chi connectivity index (χ0v) is 15.5. The molecule has 1 aliphatic heterocycles. The number of rotatable bonds is 3. The number of phenolic OH excluding ortho intramolecular Hbond substituents is 1. The van der Waals surface area contributed by atoms with Gasteiger partial charge < -0.3 is 14.6 Å². The summed E-state index contributed by atoms with van der Waals surface area (Å²) in [5.41, 5.74) is 0.828. The van der Waals surface area contributed by atoms with E-state index in [1.165, 1.54) is 6.07 Å². The van der Waals surface area contributed by atoms with Crippen molar-refractivity contribution >= 4 is 31.9 Å². The van der Waals surface area contributed by atoms with Gasteiger partial charge in [0.1, 0.15) is 36.3 Å². The van der Waals surface area contributed by atoms with Gasteiger partial charge in [0.25, 0.3) is 0 Å². The van der Waals surface area contributed by atoms with Crippen LogP contribution in [0.25, 0.3) is 0 Å². The summed E-state index contributed by atoms with van der Waals surface area (Å²) < 4.78 is 12.1. The second kappa shape index (κ2) is 10.0. The molecule has 1 aliphatic rings. The van der Waals surface area contributed by atoms with E-state index in [2.05, 4.69) is 37.9 Å². The Morgan fingerprint density at radius 2 is 1.64 bits per heavy atom. The Labute approximate surface area is 163 Å². The lowest BCUT2D eigenvalue weighted by atomic mass is 10.2. The summed E-state index contributed by atoms with van der Waals surface area (Å²) in [6, 6.07) is 14.0. The van der Waals surface area contributed by atoms with Gasteiger partial charge in [-0.15, -0.1) is 0 Å². The minimum absolute atomic E-state index is 0. The molecule has 25 heavy (non-hydrogen) atoms. The molecule has 0 aromatic heterocycles. The zero-order chi connectivity index (χ0) is 17.5. The summed E-state index contributed by atoms with van der Waals surface area (Å²) in [5.74, 6) is 0.636. The molecule has 0 spiro atoms. The summed E-state index contributed by atoms with van der Waals surface area (Å²) in [6.45, 7) is 1.29. The molecule has 2 aromatic carbocycles. The summed E-state index contributed by atoms with van der Waals surface area (Å²) in [7, 11) is 0. The molecular formula is C18H16Br2N2O3. The fourth-order valence-electron chi connectivity index (χ4n) is 1.66. The molecule has 0 bridgehead atoms. The number of nitriles is 2. The van der Waals surface area contributed by atoms with Gasteiger partial charge in [-0.25, -0.2) is 0 Å². The molecule has 0 aliphatic carbocycles. The van der Waals surface area contributed by atoms with Gasteiger partial charge in [-0.2, -0.15) is 10.5 Å². The van der Waals surface area contributed by atoms with Crippen LogP contribution in [-0.4, -0.2) is 24.4 Å². The van der Waals surface area contributed by atoms with Crippen LogP contribution < -0.4 is 4.74 Å². The quantitative estimate of drug-likeness (QED) is 0.657. The largest absolute Gasteiger partial charge is 0.507 e. The second-order valence-electron chi connectivity index (χ2n) is 4.79. The normalized spacial score (nSPS) is 14.0. The molecular weight excluding hydrogens is 452 g/mol. The number of hydrogen-bond donors (Lipinski definition) is 1. The summed E-state index contributed by atoms with van der Waals surface area (Å²) >= 11 is 6.47. The van der Waals surface area contributed by atoms with Crippen molar-refractivity contribution in [2.24, 2.45) is 0 Å². The highest BCUT2D eigenvalue weighted by Crippen LogP contribution is 2.23. The van der Waals surface area contributed by atoms with Gasteiger partial charge in [0, 0.05) is 8.95 Å². The van der Waals surface area contributed by atoms with E-state index >= 15 is 0 Å². The van der Waals surface area contributed by atoms with Crippen molar-refractivity contribution in [3.8, 4) is 23.6 Å². The second-order valence-corrected chi connectivity index (χ2v) is 6.62. The van der Waals surface area contributed by atoms with E-state index in [0.29, 0.717) is 17.9 Å². The Morgan fingerprint density at radius 1 is 1.08 bits per heavy atom.